The minimum atomic E-state index is -1.08. The van der Waals surface area contributed by atoms with Gasteiger partial charge in [-0.25, -0.2) is 0 Å². The Morgan fingerprint density at radius 2 is 1.55 bits per heavy atom. The van der Waals surface area contributed by atoms with Gasteiger partial charge in [-0.3, -0.25) is 0 Å². The first-order chi connectivity index (χ1) is 9.69. The second-order valence-electron chi connectivity index (χ2n) is 5.82. The quantitative estimate of drug-likeness (QED) is 0.162. The van der Waals surface area contributed by atoms with E-state index in [4.69, 9.17) is 5.84 Å². The molecule has 0 aromatic rings. The summed E-state index contributed by atoms with van der Waals surface area (Å²) in [4.78, 5) is 11.5. The van der Waals surface area contributed by atoms with Gasteiger partial charge in [0.2, 0.25) is 0 Å². The van der Waals surface area contributed by atoms with Crippen LogP contribution in [0.3, 0.4) is 0 Å². The topological polar surface area (TPSA) is 55.1 Å². The Hall–Kier alpha value is 0.229. The zero-order chi connectivity index (χ0) is 15.2. The van der Waals surface area contributed by atoms with Crippen LogP contribution in [-0.4, -0.2) is 25.7 Å². The maximum absolute atomic E-state index is 11.5. The van der Waals surface area contributed by atoms with Crippen LogP contribution in [0.5, 0.6) is 0 Å². The van der Waals surface area contributed by atoms with E-state index in [1.807, 2.05) is 0 Å². The first-order valence-electron chi connectivity index (χ1n) is 8.53. The average Bonchev–Trinajstić information content (AvgIpc) is 2.48. The Morgan fingerprint density at radius 3 is 2.00 bits per heavy atom. The van der Waals surface area contributed by atoms with Crippen LogP contribution in [0, 0.1) is 5.92 Å². The molecule has 0 spiro atoms. The van der Waals surface area contributed by atoms with Crippen molar-refractivity contribution in [1.29, 1.82) is 0 Å². The fourth-order valence-electron chi connectivity index (χ4n) is 2.63. The van der Waals surface area contributed by atoms with Crippen LogP contribution in [0.4, 0.5) is 0 Å². The standard InChI is InChI=1S/C8H17N2O.2C4H9.Sn/c1-3-5-6-7(4-2)8(11)10-9;2*1-3-4-2;/h7H,1,3-6,9H2,2H3,(H,10,11);2*1,3-4H2,2H3;. The molecule has 0 aliphatic heterocycles. The molecule has 4 heteroatoms. The number of hydrogen-bond acceptors (Lipinski definition) is 2. The number of rotatable bonds is 13. The molecule has 1 unspecified atom stereocenters. The molecule has 0 bridgehead atoms. The van der Waals surface area contributed by atoms with Crippen molar-refractivity contribution in [3.05, 3.63) is 0 Å². The first kappa shape index (κ1) is 20.2. The molecule has 1 radical (unpaired) electrons. The fourth-order valence-corrected chi connectivity index (χ4v) is 11.8. The third-order valence-corrected chi connectivity index (χ3v) is 13.2. The van der Waals surface area contributed by atoms with Crippen molar-refractivity contribution < 1.29 is 4.79 Å². The van der Waals surface area contributed by atoms with Crippen molar-refractivity contribution in [2.75, 3.05) is 0 Å². The molecule has 1 amide bonds. The molecule has 119 valence electrons. The van der Waals surface area contributed by atoms with Crippen molar-refractivity contribution in [3.8, 4) is 0 Å². The van der Waals surface area contributed by atoms with Crippen LogP contribution in [-0.2, 0) is 4.79 Å². The van der Waals surface area contributed by atoms with E-state index in [-0.39, 0.29) is 11.8 Å². The molecule has 1 atom stereocenters. The summed E-state index contributed by atoms with van der Waals surface area (Å²) in [5, 5.41) is 0. The van der Waals surface area contributed by atoms with Gasteiger partial charge in [0.05, 0.1) is 0 Å². The molecule has 20 heavy (non-hydrogen) atoms. The SMILES string of the molecule is CCC[CH2][Sn]([CH2]CCC)[CH2]CCCC(CC)C(=O)NN. The Morgan fingerprint density at radius 1 is 1.00 bits per heavy atom. The van der Waals surface area contributed by atoms with Crippen molar-refractivity contribution in [3.63, 3.8) is 0 Å². The van der Waals surface area contributed by atoms with Crippen LogP contribution >= 0.6 is 0 Å². The van der Waals surface area contributed by atoms with Gasteiger partial charge in [0.25, 0.3) is 0 Å². The molecule has 0 rings (SSSR count). The Bertz CT molecular complexity index is 229. The Balaban J connectivity index is 3.87. The van der Waals surface area contributed by atoms with Crippen LogP contribution in [0.15, 0.2) is 0 Å². The third kappa shape index (κ3) is 10.0. The van der Waals surface area contributed by atoms with Crippen LogP contribution in [0.2, 0.25) is 13.3 Å². The number of hydrazine groups is 1. The summed E-state index contributed by atoms with van der Waals surface area (Å²) in [6, 6.07) is 0. The predicted molar refractivity (Wildman–Crippen MR) is 90.0 cm³/mol. The molecule has 0 saturated heterocycles. The first-order valence-corrected chi connectivity index (χ1v) is 14.6. The van der Waals surface area contributed by atoms with Gasteiger partial charge in [-0.15, -0.1) is 0 Å². The van der Waals surface area contributed by atoms with Gasteiger partial charge in [0.15, 0.2) is 0 Å². The second kappa shape index (κ2) is 14.2. The number of unbranched alkanes of at least 4 members (excludes halogenated alkanes) is 3. The molecule has 0 aliphatic carbocycles. The predicted octanol–water partition coefficient (Wildman–Crippen LogP) is 4.27. The summed E-state index contributed by atoms with van der Waals surface area (Å²) >= 11 is -1.08. The van der Waals surface area contributed by atoms with Gasteiger partial charge in [-0.1, -0.05) is 0 Å². The van der Waals surface area contributed by atoms with Gasteiger partial charge in [0.1, 0.15) is 0 Å². The minimum absolute atomic E-state index is 0.0170. The van der Waals surface area contributed by atoms with E-state index >= 15 is 0 Å². The fraction of sp³-hybridized carbons (Fsp3) is 0.938. The van der Waals surface area contributed by atoms with Gasteiger partial charge < -0.3 is 0 Å². The Kier molecular flexibility index (Phi) is 14.3. The normalized spacial score (nSPS) is 12.7. The summed E-state index contributed by atoms with van der Waals surface area (Å²) in [6.45, 7) is 6.68. The van der Waals surface area contributed by atoms with Crippen LogP contribution in [0.1, 0.15) is 72.1 Å². The number of amides is 1. The number of hydrogen-bond donors (Lipinski definition) is 2. The van der Waals surface area contributed by atoms with Crippen molar-refractivity contribution in [1.82, 2.24) is 5.43 Å². The van der Waals surface area contributed by atoms with E-state index < -0.39 is 19.8 Å². The summed E-state index contributed by atoms with van der Waals surface area (Å²) in [6.07, 6.45) is 10.1. The summed E-state index contributed by atoms with van der Waals surface area (Å²) in [5.74, 6) is 5.36. The number of carbonyl (C=O) groups is 1. The molecule has 0 aromatic heterocycles. The van der Waals surface area contributed by atoms with E-state index in [0.29, 0.717) is 0 Å². The third-order valence-electron chi connectivity index (χ3n) is 4.11. The monoisotopic (exact) mass is 391 g/mol. The molecule has 0 aliphatic rings. The van der Waals surface area contributed by atoms with Gasteiger partial charge in [-0.05, 0) is 0 Å². The van der Waals surface area contributed by atoms with E-state index in [0.717, 1.165) is 12.8 Å². The zero-order valence-corrected chi connectivity index (χ0v) is 16.7. The van der Waals surface area contributed by atoms with Crippen LogP contribution < -0.4 is 11.3 Å². The maximum atomic E-state index is 11.5. The molecular formula is C16H35N2OSn. The molecule has 3 N–H and O–H groups in total. The molecular weight excluding hydrogens is 355 g/mol. The van der Waals surface area contributed by atoms with Gasteiger partial charge in [-0.2, -0.15) is 0 Å². The average molecular weight is 390 g/mol. The van der Waals surface area contributed by atoms with Gasteiger partial charge in [0, 0.05) is 0 Å². The second-order valence-corrected chi connectivity index (χ2v) is 14.4. The van der Waals surface area contributed by atoms with E-state index in [1.54, 1.807) is 8.87 Å². The molecule has 0 fully saturated rings. The van der Waals surface area contributed by atoms with Crippen molar-refractivity contribution in [2.45, 2.75) is 85.4 Å². The van der Waals surface area contributed by atoms with Crippen molar-refractivity contribution >= 4 is 25.7 Å². The van der Waals surface area contributed by atoms with E-state index in [9.17, 15) is 4.79 Å². The molecule has 0 heterocycles. The van der Waals surface area contributed by atoms with Crippen molar-refractivity contribution in [2.24, 2.45) is 11.8 Å². The number of nitrogens with two attached hydrogens (primary N) is 1. The van der Waals surface area contributed by atoms with Gasteiger partial charge >= 0.3 is 133 Å². The molecule has 3 nitrogen and oxygen atoms in total. The summed E-state index contributed by atoms with van der Waals surface area (Å²) in [5.41, 5.74) is 2.29. The molecule has 0 saturated carbocycles. The summed E-state index contributed by atoms with van der Waals surface area (Å²) < 4.78 is 4.70. The van der Waals surface area contributed by atoms with E-state index in [2.05, 4.69) is 26.2 Å². The number of nitrogens with one attached hydrogen (secondary N) is 1. The molecule has 0 aromatic carbocycles. The summed E-state index contributed by atoms with van der Waals surface area (Å²) in [7, 11) is 0. The van der Waals surface area contributed by atoms with Crippen LogP contribution in [0.25, 0.3) is 0 Å². The number of carbonyl (C=O) groups excluding carboxylic acids is 1. The zero-order valence-electron chi connectivity index (χ0n) is 13.8. The Labute approximate surface area is 133 Å². The van der Waals surface area contributed by atoms with E-state index in [1.165, 1.54) is 43.0 Å².